The number of nitrogens with zero attached hydrogens (tertiary/aromatic N) is 1. The van der Waals surface area contributed by atoms with Crippen LogP contribution in [0.2, 0.25) is 0 Å². The van der Waals surface area contributed by atoms with Gasteiger partial charge in [-0.05, 0) is 12.1 Å². The van der Waals surface area contributed by atoms with E-state index >= 15 is 0 Å². The topological polar surface area (TPSA) is 49.4 Å². The van der Waals surface area contributed by atoms with Crippen LogP contribution in [0.4, 0.5) is 11.4 Å². The number of rotatable bonds is 1. The molecule has 1 aliphatic rings. The van der Waals surface area contributed by atoms with Crippen LogP contribution in [0.1, 0.15) is 20.3 Å². The molecule has 1 aromatic carbocycles. The summed E-state index contributed by atoms with van der Waals surface area (Å²) in [4.78, 5) is 25.3. The molecule has 0 bridgehead atoms. The van der Waals surface area contributed by atoms with Crippen LogP contribution >= 0.6 is 0 Å². The van der Waals surface area contributed by atoms with Crippen LogP contribution in [-0.2, 0) is 9.59 Å². The monoisotopic (exact) mass is 232 g/mol. The second kappa shape index (κ2) is 4.57. The first-order chi connectivity index (χ1) is 8.09. The van der Waals surface area contributed by atoms with Gasteiger partial charge >= 0.3 is 0 Å². The fourth-order valence-electron chi connectivity index (χ4n) is 1.90. The zero-order chi connectivity index (χ0) is 12.4. The van der Waals surface area contributed by atoms with Crippen molar-refractivity contribution in [3.8, 4) is 0 Å². The highest BCUT2D eigenvalue weighted by Crippen LogP contribution is 2.29. The third-order valence-electron chi connectivity index (χ3n) is 2.79. The summed E-state index contributed by atoms with van der Waals surface area (Å²) in [6, 6.07) is 7.40. The Labute approximate surface area is 101 Å². The van der Waals surface area contributed by atoms with E-state index in [-0.39, 0.29) is 17.7 Å². The van der Waals surface area contributed by atoms with Gasteiger partial charge in [0, 0.05) is 18.9 Å². The van der Waals surface area contributed by atoms with Gasteiger partial charge in [-0.2, -0.15) is 0 Å². The number of fused-ring (bicyclic) bond motifs is 1. The summed E-state index contributed by atoms with van der Waals surface area (Å²) in [6.07, 6.45) is 0.340. The molecule has 0 radical (unpaired) electrons. The molecule has 0 spiro atoms. The summed E-state index contributed by atoms with van der Waals surface area (Å²) in [6.45, 7) is 4.18. The van der Waals surface area contributed by atoms with Gasteiger partial charge in [0.05, 0.1) is 11.4 Å². The Morgan fingerprint density at radius 3 is 2.76 bits per heavy atom. The number of carbonyl (C=O) groups is 2. The highest BCUT2D eigenvalue weighted by Gasteiger charge is 2.24. The Morgan fingerprint density at radius 2 is 2.06 bits per heavy atom. The molecule has 0 fully saturated rings. The molecule has 0 aromatic heterocycles. The lowest BCUT2D eigenvalue weighted by molar-refractivity contribution is -0.121. The lowest BCUT2D eigenvalue weighted by atomic mass is 10.1. The van der Waals surface area contributed by atoms with Gasteiger partial charge < -0.3 is 10.2 Å². The maximum atomic E-state index is 12.1. The third kappa shape index (κ3) is 2.30. The Bertz CT molecular complexity index is 454. The van der Waals surface area contributed by atoms with Gasteiger partial charge in [-0.1, -0.05) is 26.0 Å². The van der Waals surface area contributed by atoms with Crippen molar-refractivity contribution < 1.29 is 9.59 Å². The predicted molar refractivity (Wildman–Crippen MR) is 66.9 cm³/mol. The molecule has 4 heteroatoms. The van der Waals surface area contributed by atoms with E-state index in [0.29, 0.717) is 18.7 Å². The molecule has 17 heavy (non-hydrogen) atoms. The molecule has 1 heterocycles. The van der Waals surface area contributed by atoms with Crippen LogP contribution in [0, 0.1) is 5.92 Å². The van der Waals surface area contributed by atoms with E-state index in [1.54, 1.807) is 4.90 Å². The van der Waals surface area contributed by atoms with Gasteiger partial charge in [0.15, 0.2) is 0 Å². The number of hydrogen-bond donors (Lipinski definition) is 1. The molecule has 0 aliphatic carbocycles. The first-order valence-corrected chi connectivity index (χ1v) is 5.80. The van der Waals surface area contributed by atoms with Crippen molar-refractivity contribution in [2.24, 2.45) is 5.92 Å². The average molecular weight is 232 g/mol. The zero-order valence-electron chi connectivity index (χ0n) is 10.1. The minimum atomic E-state index is -0.0729. The number of benzene rings is 1. The van der Waals surface area contributed by atoms with Crippen LogP contribution in [-0.4, -0.2) is 18.4 Å². The van der Waals surface area contributed by atoms with Crippen molar-refractivity contribution in [2.75, 3.05) is 16.8 Å². The summed E-state index contributed by atoms with van der Waals surface area (Å²) in [7, 11) is 0. The highest BCUT2D eigenvalue weighted by molar-refractivity contribution is 6.04. The molecule has 1 aliphatic heterocycles. The van der Waals surface area contributed by atoms with Crippen molar-refractivity contribution >= 4 is 23.2 Å². The SMILES string of the molecule is CC(C)C(=O)N1CCC(=O)Nc2ccccc21. The third-order valence-corrected chi connectivity index (χ3v) is 2.79. The van der Waals surface area contributed by atoms with E-state index < -0.39 is 0 Å². The zero-order valence-corrected chi connectivity index (χ0v) is 10.1. The lowest BCUT2D eigenvalue weighted by Crippen LogP contribution is -2.35. The number of nitrogens with one attached hydrogen (secondary N) is 1. The standard InChI is InChI=1S/C13H16N2O2/c1-9(2)13(17)15-8-7-12(16)14-10-5-3-4-6-11(10)15/h3-6,9H,7-8H2,1-2H3,(H,14,16). The van der Waals surface area contributed by atoms with Crippen LogP contribution in [0.3, 0.4) is 0 Å². The van der Waals surface area contributed by atoms with Crippen molar-refractivity contribution in [1.29, 1.82) is 0 Å². The minimum Gasteiger partial charge on any atom is -0.324 e. The predicted octanol–water partition coefficient (Wildman–Crippen LogP) is 2.02. The quantitative estimate of drug-likeness (QED) is 0.805. The first kappa shape index (κ1) is 11.6. The van der Waals surface area contributed by atoms with E-state index in [1.165, 1.54) is 0 Å². The number of anilines is 2. The molecule has 1 N–H and O–H groups in total. The number of carbonyl (C=O) groups excluding carboxylic acids is 2. The molecule has 0 saturated heterocycles. The van der Waals surface area contributed by atoms with Gasteiger partial charge in [-0.3, -0.25) is 9.59 Å². The van der Waals surface area contributed by atoms with Gasteiger partial charge in [0.1, 0.15) is 0 Å². The van der Waals surface area contributed by atoms with E-state index in [1.807, 2.05) is 38.1 Å². The summed E-state index contributed by atoms with van der Waals surface area (Å²) in [5.41, 5.74) is 1.50. The molecule has 0 unspecified atom stereocenters. The Kier molecular flexibility index (Phi) is 3.13. The van der Waals surface area contributed by atoms with Crippen LogP contribution < -0.4 is 10.2 Å². The van der Waals surface area contributed by atoms with E-state index in [9.17, 15) is 9.59 Å². The highest BCUT2D eigenvalue weighted by atomic mass is 16.2. The molecule has 0 atom stereocenters. The number of hydrogen-bond acceptors (Lipinski definition) is 2. The molecule has 4 nitrogen and oxygen atoms in total. The van der Waals surface area contributed by atoms with E-state index in [0.717, 1.165) is 5.69 Å². The van der Waals surface area contributed by atoms with Gasteiger partial charge in [0.25, 0.3) is 0 Å². The van der Waals surface area contributed by atoms with Crippen molar-refractivity contribution in [3.05, 3.63) is 24.3 Å². The molecule has 2 rings (SSSR count). The average Bonchev–Trinajstić information content (AvgIpc) is 2.46. The Balaban J connectivity index is 2.41. The fourth-order valence-corrected chi connectivity index (χ4v) is 1.90. The van der Waals surface area contributed by atoms with Crippen LogP contribution in [0.25, 0.3) is 0 Å². The second-order valence-electron chi connectivity index (χ2n) is 4.46. The molecule has 0 saturated carbocycles. The maximum absolute atomic E-state index is 12.1. The second-order valence-corrected chi connectivity index (χ2v) is 4.46. The summed E-state index contributed by atoms with van der Waals surface area (Å²) >= 11 is 0. The lowest BCUT2D eigenvalue weighted by Gasteiger charge is -2.23. The van der Waals surface area contributed by atoms with Crippen molar-refractivity contribution in [3.63, 3.8) is 0 Å². The van der Waals surface area contributed by atoms with Crippen molar-refractivity contribution in [1.82, 2.24) is 0 Å². The Hall–Kier alpha value is -1.84. The summed E-state index contributed by atoms with van der Waals surface area (Å²) in [5, 5.41) is 2.81. The van der Waals surface area contributed by atoms with E-state index in [2.05, 4.69) is 5.32 Å². The smallest absolute Gasteiger partial charge is 0.229 e. The summed E-state index contributed by atoms with van der Waals surface area (Å²) in [5.74, 6) is -0.0679. The molecular weight excluding hydrogens is 216 g/mol. The molecule has 1 aromatic rings. The van der Waals surface area contributed by atoms with Crippen molar-refractivity contribution in [2.45, 2.75) is 20.3 Å². The molecule has 2 amide bonds. The van der Waals surface area contributed by atoms with E-state index in [4.69, 9.17) is 0 Å². The van der Waals surface area contributed by atoms with Gasteiger partial charge in [-0.15, -0.1) is 0 Å². The van der Waals surface area contributed by atoms with Gasteiger partial charge in [-0.25, -0.2) is 0 Å². The van der Waals surface area contributed by atoms with Crippen LogP contribution in [0.15, 0.2) is 24.3 Å². The number of amides is 2. The van der Waals surface area contributed by atoms with Gasteiger partial charge in [0.2, 0.25) is 11.8 Å². The normalized spacial score (nSPS) is 15.2. The number of para-hydroxylation sites is 2. The first-order valence-electron chi connectivity index (χ1n) is 5.80. The molecular formula is C13H16N2O2. The van der Waals surface area contributed by atoms with Crippen LogP contribution in [0.5, 0.6) is 0 Å². The Morgan fingerprint density at radius 1 is 1.35 bits per heavy atom. The fraction of sp³-hybridized carbons (Fsp3) is 0.385. The maximum Gasteiger partial charge on any atom is 0.229 e. The molecule has 90 valence electrons. The largest absolute Gasteiger partial charge is 0.324 e. The summed E-state index contributed by atoms with van der Waals surface area (Å²) < 4.78 is 0. The minimum absolute atomic E-state index is 0.0449.